The summed E-state index contributed by atoms with van der Waals surface area (Å²) in [4.78, 5) is 12.4. The van der Waals surface area contributed by atoms with Crippen LogP contribution in [0.1, 0.15) is 111 Å². The standard InChI is InChI=1S/C59H60N3OS.Pt/c1-35-28-39(56(2,3)4)26-27-42(35)50-32-38-31-48(60-51(54(38)64-50)37-29-36-20-17-18-23-43(36)46(30-37)58(8,9)10)44-24-19-25-49-52(44)61-55(62(49)41-21-15-14-16-22-41)45-33-40(57(5,6)7)34-47(53(45)63)59(11,12)13;/h14-28,30-34,63H,1-13H3;/q-1;. The summed E-state index contributed by atoms with van der Waals surface area (Å²) in [6, 6.07) is 47.3. The molecule has 0 saturated carbocycles. The third-order valence-electron chi connectivity index (χ3n) is 12.7. The molecule has 3 aromatic heterocycles. The normalized spacial score (nSPS) is 12.6. The van der Waals surface area contributed by atoms with E-state index in [9.17, 15) is 5.11 Å². The number of pyridine rings is 1. The van der Waals surface area contributed by atoms with Crippen molar-refractivity contribution in [2.24, 2.45) is 0 Å². The van der Waals surface area contributed by atoms with Crippen LogP contribution in [0.4, 0.5) is 0 Å². The maximum atomic E-state index is 12.3. The van der Waals surface area contributed by atoms with Gasteiger partial charge in [-0.05, 0) is 92.6 Å². The first-order chi connectivity index (χ1) is 30.1. The van der Waals surface area contributed by atoms with Gasteiger partial charge in [0, 0.05) is 53.2 Å². The number of nitrogens with zero attached hydrogens (tertiary/aromatic N) is 3. The molecule has 334 valence electrons. The molecule has 0 atom stereocenters. The van der Waals surface area contributed by atoms with Gasteiger partial charge in [-0.15, -0.1) is 40.5 Å². The first-order valence-electron chi connectivity index (χ1n) is 22.6. The zero-order valence-electron chi connectivity index (χ0n) is 40.1. The molecule has 0 spiro atoms. The fourth-order valence-corrected chi connectivity index (χ4v) is 10.3. The van der Waals surface area contributed by atoms with E-state index in [-0.39, 0.29) is 48.5 Å². The van der Waals surface area contributed by atoms with Gasteiger partial charge in [0.2, 0.25) is 0 Å². The van der Waals surface area contributed by atoms with Gasteiger partial charge in [-0.2, -0.15) is 0 Å². The Morgan fingerprint density at radius 1 is 0.585 bits per heavy atom. The van der Waals surface area contributed by atoms with Gasteiger partial charge in [-0.3, -0.25) is 9.55 Å². The minimum absolute atomic E-state index is 0. The van der Waals surface area contributed by atoms with Crippen molar-refractivity contribution in [2.45, 2.75) is 112 Å². The predicted octanol–water partition coefficient (Wildman–Crippen LogP) is 16.5. The van der Waals surface area contributed by atoms with E-state index >= 15 is 0 Å². The molecule has 65 heavy (non-hydrogen) atoms. The number of imidazole rings is 1. The Morgan fingerprint density at radius 3 is 1.92 bits per heavy atom. The molecule has 9 aromatic rings. The van der Waals surface area contributed by atoms with Gasteiger partial charge in [-0.1, -0.05) is 167 Å². The first-order valence-corrected chi connectivity index (χ1v) is 23.4. The van der Waals surface area contributed by atoms with Crippen LogP contribution in [-0.4, -0.2) is 19.6 Å². The number of fused-ring (bicyclic) bond motifs is 3. The van der Waals surface area contributed by atoms with Crippen molar-refractivity contribution in [1.82, 2.24) is 14.5 Å². The van der Waals surface area contributed by atoms with Crippen LogP contribution in [-0.2, 0) is 42.7 Å². The van der Waals surface area contributed by atoms with E-state index in [1.54, 1.807) is 11.3 Å². The second kappa shape index (κ2) is 16.5. The van der Waals surface area contributed by atoms with Crippen molar-refractivity contribution in [3.63, 3.8) is 0 Å². The number of benzene rings is 6. The van der Waals surface area contributed by atoms with Crippen molar-refractivity contribution in [3.8, 4) is 55.8 Å². The summed E-state index contributed by atoms with van der Waals surface area (Å²) in [5.74, 6) is 0.947. The van der Waals surface area contributed by atoms with Crippen molar-refractivity contribution in [3.05, 3.63) is 155 Å². The topological polar surface area (TPSA) is 50.9 Å². The number of aromatic hydroxyl groups is 1. The number of rotatable bonds is 5. The Hall–Kier alpha value is -5.35. The number of phenols is 1. The molecule has 0 aliphatic heterocycles. The largest absolute Gasteiger partial charge is 0.507 e. The Kier molecular flexibility index (Phi) is 11.7. The van der Waals surface area contributed by atoms with Gasteiger partial charge >= 0.3 is 0 Å². The van der Waals surface area contributed by atoms with Gasteiger partial charge in [0.1, 0.15) is 11.6 Å². The predicted molar refractivity (Wildman–Crippen MR) is 274 cm³/mol. The molecule has 0 aliphatic carbocycles. The Labute approximate surface area is 404 Å². The molecule has 0 saturated heterocycles. The molecule has 0 unspecified atom stereocenters. The maximum absolute atomic E-state index is 12.3. The number of para-hydroxylation sites is 2. The molecule has 0 aliphatic rings. The van der Waals surface area contributed by atoms with E-state index in [1.165, 1.54) is 32.5 Å². The van der Waals surface area contributed by atoms with Crippen LogP contribution in [0, 0.1) is 13.0 Å². The minimum Gasteiger partial charge on any atom is -0.507 e. The monoisotopic (exact) mass is 1050 g/mol. The smallest absolute Gasteiger partial charge is 0.149 e. The molecule has 3 heterocycles. The molecule has 6 aromatic carbocycles. The number of phenolic OH excluding ortho intramolecular Hbond substituents is 1. The van der Waals surface area contributed by atoms with Gasteiger partial charge in [0.15, 0.2) is 0 Å². The van der Waals surface area contributed by atoms with Gasteiger partial charge < -0.3 is 5.11 Å². The Morgan fingerprint density at radius 2 is 1.26 bits per heavy atom. The van der Waals surface area contributed by atoms with Crippen LogP contribution in [0.25, 0.3) is 81.9 Å². The molecule has 0 radical (unpaired) electrons. The third kappa shape index (κ3) is 8.52. The number of hydrogen-bond donors (Lipinski definition) is 1. The van der Waals surface area contributed by atoms with Gasteiger partial charge in [0.25, 0.3) is 0 Å². The summed E-state index contributed by atoms with van der Waals surface area (Å²) in [6.45, 7) is 29.0. The SMILES string of the molecule is Cc1cc(C(C)(C)C)ccc1-c1cc2cc(-c3cccc4c3nc(-c3cc(C(C)(C)C)cc(C(C)(C)C)c3O)n4-c3ccccc3)nc(-c3[c-]c4ccccc4c(C(C)(C)C)c3)c2s1.[Pt]. The first kappa shape index (κ1) is 46.2. The van der Waals surface area contributed by atoms with E-state index in [1.807, 2.05) is 6.07 Å². The molecule has 9 rings (SSSR count). The number of aryl methyl sites for hydroxylation is 1. The molecular formula is C59H60N3OPtS-. The van der Waals surface area contributed by atoms with Crippen LogP contribution in [0.3, 0.4) is 0 Å². The van der Waals surface area contributed by atoms with Crippen molar-refractivity contribution in [1.29, 1.82) is 0 Å². The second-order valence-corrected chi connectivity index (χ2v) is 22.8. The number of aromatic nitrogens is 3. The molecule has 0 amide bonds. The van der Waals surface area contributed by atoms with Crippen molar-refractivity contribution >= 4 is 43.2 Å². The van der Waals surface area contributed by atoms with Crippen LogP contribution >= 0.6 is 11.3 Å². The Balaban J connectivity index is 0.00000576. The van der Waals surface area contributed by atoms with Gasteiger partial charge in [0.05, 0.1) is 22.3 Å². The molecule has 1 N–H and O–H groups in total. The number of thiophene rings is 1. The molecular weight excluding hydrogens is 994 g/mol. The van der Waals surface area contributed by atoms with Crippen LogP contribution in [0.15, 0.2) is 121 Å². The van der Waals surface area contributed by atoms with E-state index < -0.39 is 0 Å². The fraction of sp³-hybridized carbons (Fsp3) is 0.288. The summed E-state index contributed by atoms with van der Waals surface area (Å²) in [7, 11) is 0. The van der Waals surface area contributed by atoms with E-state index in [0.29, 0.717) is 11.4 Å². The zero-order valence-corrected chi connectivity index (χ0v) is 43.1. The number of hydrogen-bond acceptors (Lipinski definition) is 4. The molecule has 0 bridgehead atoms. The minimum atomic E-state index is -0.302. The zero-order chi connectivity index (χ0) is 45.7. The van der Waals surface area contributed by atoms with Crippen LogP contribution < -0.4 is 0 Å². The molecule has 0 fully saturated rings. The summed E-state index contributed by atoms with van der Waals surface area (Å²) < 4.78 is 3.33. The quantitative estimate of drug-likeness (QED) is 0.175. The van der Waals surface area contributed by atoms with Crippen LogP contribution in [0.2, 0.25) is 0 Å². The molecule has 4 nitrogen and oxygen atoms in total. The summed E-state index contributed by atoms with van der Waals surface area (Å²) in [5, 5.41) is 15.7. The molecule has 6 heteroatoms. The van der Waals surface area contributed by atoms with E-state index in [0.717, 1.165) is 65.8 Å². The van der Waals surface area contributed by atoms with Crippen molar-refractivity contribution < 1.29 is 26.2 Å². The summed E-state index contributed by atoms with van der Waals surface area (Å²) in [6.07, 6.45) is 0. The average molecular weight is 1050 g/mol. The average Bonchev–Trinajstić information content (AvgIpc) is 3.84. The van der Waals surface area contributed by atoms with E-state index in [2.05, 4.69) is 216 Å². The van der Waals surface area contributed by atoms with E-state index in [4.69, 9.17) is 9.97 Å². The third-order valence-corrected chi connectivity index (χ3v) is 13.9. The van der Waals surface area contributed by atoms with Crippen LogP contribution in [0.5, 0.6) is 5.75 Å². The fourth-order valence-electron chi connectivity index (χ4n) is 9.02. The summed E-state index contributed by atoms with van der Waals surface area (Å²) in [5.41, 5.74) is 13.7. The maximum Gasteiger partial charge on any atom is 0.149 e. The van der Waals surface area contributed by atoms with Crippen molar-refractivity contribution in [2.75, 3.05) is 0 Å². The summed E-state index contributed by atoms with van der Waals surface area (Å²) >= 11 is 1.80. The Bertz CT molecular complexity index is 3270. The second-order valence-electron chi connectivity index (χ2n) is 21.8. The van der Waals surface area contributed by atoms with Gasteiger partial charge in [-0.25, -0.2) is 4.98 Å².